The average molecular weight is 408 g/mol. The van der Waals surface area contributed by atoms with Crippen LogP contribution in [0.15, 0.2) is 30.3 Å². The second-order valence-corrected chi connectivity index (χ2v) is 9.23. The quantitative estimate of drug-likeness (QED) is 0.652. The van der Waals surface area contributed by atoms with Crippen LogP contribution in [0.1, 0.15) is 78.7 Å². The van der Waals surface area contributed by atoms with Gasteiger partial charge >= 0.3 is 0 Å². The molecule has 1 fully saturated rings. The number of nitrogens with zero attached hydrogens (tertiary/aromatic N) is 2. The fourth-order valence-corrected chi connectivity index (χ4v) is 5.31. The number of rotatable bonds is 7. The standard InChI is InChI=1S/C26H37N3O/c1-20-19-22-9-6-7-12-25(22)29(20)24-15-13-21(14-16-24)26(30)27-17-8-18-28(2)23-10-4-3-5-11-23/h13-16,19,23H,3-12,17-18H2,1-2H3,(H,27,30). The number of carbonyl (C=O) groups excluding carboxylic acids is 1. The molecule has 2 aliphatic rings. The molecule has 0 aliphatic heterocycles. The smallest absolute Gasteiger partial charge is 0.251 e. The highest BCUT2D eigenvalue weighted by Crippen LogP contribution is 2.28. The molecule has 0 saturated heterocycles. The van der Waals surface area contributed by atoms with Gasteiger partial charge in [0.2, 0.25) is 0 Å². The second kappa shape index (κ2) is 9.82. The van der Waals surface area contributed by atoms with Crippen molar-refractivity contribution < 1.29 is 4.79 Å². The van der Waals surface area contributed by atoms with Gasteiger partial charge in [-0.15, -0.1) is 0 Å². The lowest BCUT2D eigenvalue weighted by Gasteiger charge is -2.31. The number of hydrogen-bond acceptors (Lipinski definition) is 2. The zero-order chi connectivity index (χ0) is 20.9. The lowest BCUT2D eigenvalue weighted by Crippen LogP contribution is -2.35. The van der Waals surface area contributed by atoms with Crippen LogP contribution < -0.4 is 5.32 Å². The van der Waals surface area contributed by atoms with Crippen LogP contribution in [-0.2, 0) is 12.8 Å². The van der Waals surface area contributed by atoms with Crippen LogP contribution in [0.3, 0.4) is 0 Å². The minimum absolute atomic E-state index is 0.0353. The first-order valence-corrected chi connectivity index (χ1v) is 11.9. The van der Waals surface area contributed by atoms with Crippen LogP contribution in [0.2, 0.25) is 0 Å². The van der Waals surface area contributed by atoms with Gasteiger partial charge in [-0.1, -0.05) is 19.3 Å². The van der Waals surface area contributed by atoms with E-state index >= 15 is 0 Å². The van der Waals surface area contributed by atoms with Crippen molar-refractivity contribution in [2.24, 2.45) is 0 Å². The van der Waals surface area contributed by atoms with E-state index in [-0.39, 0.29) is 5.91 Å². The molecule has 1 saturated carbocycles. The van der Waals surface area contributed by atoms with Gasteiger partial charge in [-0.05, 0) is 101 Å². The fraction of sp³-hybridized carbons (Fsp3) is 0.577. The molecule has 0 spiro atoms. The third kappa shape index (κ3) is 4.80. The van der Waals surface area contributed by atoms with Gasteiger partial charge in [0.05, 0.1) is 0 Å². The number of carbonyl (C=O) groups is 1. The first-order chi connectivity index (χ1) is 14.6. The number of amides is 1. The van der Waals surface area contributed by atoms with E-state index in [0.29, 0.717) is 0 Å². The Hall–Kier alpha value is -2.07. The fourth-order valence-electron chi connectivity index (χ4n) is 5.31. The number of nitrogens with one attached hydrogen (secondary N) is 1. The molecule has 2 aliphatic carbocycles. The summed E-state index contributed by atoms with van der Waals surface area (Å²) < 4.78 is 2.37. The maximum Gasteiger partial charge on any atom is 0.251 e. The van der Waals surface area contributed by atoms with E-state index in [4.69, 9.17) is 0 Å². The van der Waals surface area contributed by atoms with Crippen LogP contribution in [0.25, 0.3) is 5.69 Å². The average Bonchev–Trinajstić information content (AvgIpc) is 3.12. The van der Waals surface area contributed by atoms with E-state index in [2.05, 4.69) is 47.0 Å². The van der Waals surface area contributed by atoms with E-state index in [1.165, 1.54) is 74.0 Å². The maximum absolute atomic E-state index is 12.6. The van der Waals surface area contributed by atoms with Gasteiger partial charge in [-0.3, -0.25) is 4.79 Å². The van der Waals surface area contributed by atoms with E-state index in [9.17, 15) is 4.79 Å². The summed E-state index contributed by atoms with van der Waals surface area (Å²) in [6.07, 6.45) is 12.7. The topological polar surface area (TPSA) is 37.3 Å². The Morgan fingerprint density at radius 3 is 2.57 bits per heavy atom. The third-order valence-corrected chi connectivity index (χ3v) is 7.04. The predicted octanol–water partition coefficient (Wildman–Crippen LogP) is 5.05. The van der Waals surface area contributed by atoms with E-state index in [0.717, 1.165) is 37.5 Å². The van der Waals surface area contributed by atoms with Crippen molar-refractivity contribution in [1.82, 2.24) is 14.8 Å². The van der Waals surface area contributed by atoms with Gasteiger partial charge in [-0.2, -0.15) is 0 Å². The molecular weight excluding hydrogens is 370 g/mol. The minimum Gasteiger partial charge on any atom is -0.352 e. The van der Waals surface area contributed by atoms with Crippen molar-refractivity contribution in [2.75, 3.05) is 20.1 Å². The SMILES string of the molecule is Cc1cc2c(n1-c1ccc(C(=O)NCCCN(C)C3CCCCC3)cc1)CCCC2. The number of aryl methyl sites for hydroxylation is 2. The Kier molecular flexibility index (Phi) is 6.93. The summed E-state index contributed by atoms with van der Waals surface area (Å²) in [6, 6.07) is 11.2. The second-order valence-electron chi connectivity index (χ2n) is 9.23. The molecule has 1 aromatic heterocycles. The van der Waals surface area contributed by atoms with Crippen LogP contribution in [0, 0.1) is 6.92 Å². The zero-order valence-corrected chi connectivity index (χ0v) is 18.8. The first kappa shape index (κ1) is 21.2. The number of benzene rings is 1. The number of hydrogen-bond donors (Lipinski definition) is 1. The summed E-state index contributed by atoms with van der Waals surface area (Å²) in [5, 5.41) is 3.10. The molecule has 30 heavy (non-hydrogen) atoms. The van der Waals surface area contributed by atoms with Crippen LogP contribution >= 0.6 is 0 Å². The highest BCUT2D eigenvalue weighted by molar-refractivity contribution is 5.94. The number of fused-ring (bicyclic) bond motifs is 1. The Bertz CT molecular complexity index is 846. The molecule has 1 N–H and O–H groups in total. The van der Waals surface area contributed by atoms with Gasteiger partial charge in [0.25, 0.3) is 5.91 Å². The van der Waals surface area contributed by atoms with Crippen LogP contribution in [0.4, 0.5) is 0 Å². The van der Waals surface area contributed by atoms with Gasteiger partial charge < -0.3 is 14.8 Å². The summed E-state index contributed by atoms with van der Waals surface area (Å²) >= 11 is 0. The van der Waals surface area contributed by atoms with E-state index in [1.807, 2.05) is 12.1 Å². The molecule has 2 aromatic rings. The Labute approximate surface area is 181 Å². The largest absolute Gasteiger partial charge is 0.352 e. The first-order valence-electron chi connectivity index (χ1n) is 11.9. The van der Waals surface area contributed by atoms with Crippen molar-refractivity contribution in [1.29, 1.82) is 0 Å². The minimum atomic E-state index is 0.0353. The van der Waals surface area contributed by atoms with E-state index in [1.54, 1.807) is 0 Å². The van der Waals surface area contributed by atoms with Crippen molar-refractivity contribution in [3.05, 3.63) is 52.8 Å². The Balaban J connectivity index is 1.29. The molecule has 4 nitrogen and oxygen atoms in total. The number of aromatic nitrogens is 1. The Morgan fingerprint density at radius 1 is 1.07 bits per heavy atom. The van der Waals surface area contributed by atoms with Crippen molar-refractivity contribution >= 4 is 5.91 Å². The molecular formula is C26H37N3O. The maximum atomic E-state index is 12.6. The van der Waals surface area contributed by atoms with Crippen molar-refractivity contribution in [3.8, 4) is 5.69 Å². The molecule has 0 unspecified atom stereocenters. The molecule has 0 radical (unpaired) electrons. The third-order valence-electron chi connectivity index (χ3n) is 7.04. The molecule has 4 rings (SSSR count). The van der Waals surface area contributed by atoms with Crippen LogP contribution in [0.5, 0.6) is 0 Å². The van der Waals surface area contributed by atoms with Gasteiger partial charge in [-0.25, -0.2) is 0 Å². The monoisotopic (exact) mass is 407 g/mol. The summed E-state index contributed by atoms with van der Waals surface area (Å²) in [5.41, 5.74) is 6.16. The summed E-state index contributed by atoms with van der Waals surface area (Å²) in [4.78, 5) is 15.0. The molecule has 0 atom stereocenters. The zero-order valence-electron chi connectivity index (χ0n) is 18.8. The van der Waals surface area contributed by atoms with Crippen molar-refractivity contribution in [3.63, 3.8) is 0 Å². The predicted molar refractivity (Wildman–Crippen MR) is 124 cm³/mol. The van der Waals surface area contributed by atoms with Gasteiger partial charge in [0, 0.05) is 35.2 Å². The molecule has 162 valence electrons. The summed E-state index contributed by atoms with van der Waals surface area (Å²) in [7, 11) is 2.23. The van der Waals surface area contributed by atoms with Crippen LogP contribution in [-0.4, -0.2) is 41.6 Å². The lowest BCUT2D eigenvalue weighted by molar-refractivity contribution is 0.0950. The highest BCUT2D eigenvalue weighted by Gasteiger charge is 2.18. The lowest BCUT2D eigenvalue weighted by atomic mass is 9.94. The van der Waals surface area contributed by atoms with Gasteiger partial charge in [0.15, 0.2) is 0 Å². The Morgan fingerprint density at radius 2 is 1.80 bits per heavy atom. The normalized spacial score (nSPS) is 17.2. The molecule has 1 amide bonds. The molecule has 4 heteroatoms. The summed E-state index contributed by atoms with van der Waals surface area (Å²) in [5.74, 6) is 0.0353. The van der Waals surface area contributed by atoms with Crippen molar-refractivity contribution in [2.45, 2.75) is 77.2 Å². The highest BCUT2D eigenvalue weighted by atomic mass is 16.1. The summed E-state index contributed by atoms with van der Waals surface area (Å²) in [6.45, 7) is 3.98. The molecule has 1 heterocycles. The van der Waals surface area contributed by atoms with Gasteiger partial charge in [0.1, 0.15) is 0 Å². The molecule has 0 bridgehead atoms. The molecule has 1 aromatic carbocycles. The van der Waals surface area contributed by atoms with E-state index < -0.39 is 0 Å².